The lowest BCUT2D eigenvalue weighted by atomic mass is 10.1. The fourth-order valence-electron chi connectivity index (χ4n) is 1.99. The van der Waals surface area contributed by atoms with E-state index in [1.165, 1.54) is 19.1 Å². The second kappa shape index (κ2) is 7.26. The lowest BCUT2D eigenvalue weighted by Gasteiger charge is -2.11. The zero-order valence-electron chi connectivity index (χ0n) is 13.3. The molecular weight excluding hydrogens is 355 g/mol. The summed E-state index contributed by atoms with van der Waals surface area (Å²) >= 11 is 0. The number of carboxylic acids is 1. The number of benzene rings is 2. The van der Waals surface area contributed by atoms with Crippen molar-refractivity contribution in [2.45, 2.75) is 13.1 Å². The van der Waals surface area contributed by atoms with Crippen molar-refractivity contribution < 1.29 is 32.7 Å². The highest BCUT2D eigenvalue weighted by Crippen LogP contribution is 2.33. The number of carbonyl (C=O) groups is 1. The number of hydrogen-bond donors (Lipinski definition) is 1. The minimum Gasteiger partial charge on any atom is -0.478 e. The topological polar surface area (TPSA) is 89.7 Å². The molecule has 0 aromatic heterocycles. The molecule has 0 unspecified atom stereocenters. The Kier molecular flexibility index (Phi) is 5.30. The molecule has 0 aliphatic rings. The Morgan fingerprint density at radius 2 is 1.81 bits per heavy atom. The molecule has 9 heteroatoms. The molecule has 136 valence electrons. The molecule has 0 aliphatic carbocycles. The lowest BCUT2D eigenvalue weighted by molar-refractivity contribution is -0.384. The highest BCUT2D eigenvalue weighted by atomic mass is 19.4. The van der Waals surface area contributed by atoms with E-state index >= 15 is 0 Å². The van der Waals surface area contributed by atoms with Crippen molar-refractivity contribution in [3.63, 3.8) is 0 Å². The molecule has 0 fully saturated rings. The molecule has 2 aromatic rings. The highest BCUT2D eigenvalue weighted by Gasteiger charge is 2.30. The van der Waals surface area contributed by atoms with Gasteiger partial charge in [0.2, 0.25) is 0 Å². The molecule has 0 aliphatic heterocycles. The Morgan fingerprint density at radius 1 is 1.19 bits per heavy atom. The summed E-state index contributed by atoms with van der Waals surface area (Å²) in [5.41, 5.74) is -1.12. The van der Waals surface area contributed by atoms with Gasteiger partial charge in [0, 0.05) is 23.3 Å². The van der Waals surface area contributed by atoms with Gasteiger partial charge in [0.25, 0.3) is 5.69 Å². The van der Waals surface area contributed by atoms with Crippen LogP contribution in [0.2, 0.25) is 0 Å². The van der Waals surface area contributed by atoms with Gasteiger partial charge in [-0.25, -0.2) is 4.79 Å². The van der Waals surface area contributed by atoms with Gasteiger partial charge < -0.3 is 9.84 Å². The standard InChI is InChI=1S/C17H12F3NO5/c1-10(16(22)23)8-11-9-13(21(24)25)4-7-15(11)26-14-5-2-12(3-6-14)17(18,19)20/h2-9H,1H3,(H,22,23)/b10-8+. The van der Waals surface area contributed by atoms with Gasteiger partial charge in [0.15, 0.2) is 0 Å². The van der Waals surface area contributed by atoms with E-state index in [9.17, 15) is 28.1 Å². The Bertz CT molecular complexity index is 873. The fourth-order valence-corrected chi connectivity index (χ4v) is 1.99. The number of nitrogens with zero attached hydrogens (tertiary/aromatic N) is 1. The van der Waals surface area contributed by atoms with Crippen molar-refractivity contribution in [3.05, 3.63) is 69.3 Å². The number of aliphatic carboxylic acids is 1. The molecule has 0 radical (unpaired) electrons. The van der Waals surface area contributed by atoms with Gasteiger partial charge >= 0.3 is 12.1 Å². The summed E-state index contributed by atoms with van der Waals surface area (Å²) in [4.78, 5) is 21.2. The number of halogens is 3. The van der Waals surface area contributed by atoms with E-state index in [1.54, 1.807) is 0 Å². The normalized spacial score (nSPS) is 11.9. The second-order valence-corrected chi connectivity index (χ2v) is 5.24. The van der Waals surface area contributed by atoms with Gasteiger partial charge in [-0.05, 0) is 43.3 Å². The molecule has 0 heterocycles. The third-order valence-electron chi connectivity index (χ3n) is 3.32. The third kappa shape index (κ3) is 4.59. The molecule has 0 amide bonds. The van der Waals surface area contributed by atoms with Crippen molar-refractivity contribution in [3.8, 4) is 11.5 Å². The summed E-state index contributed by atoms with van der Waals surface area (Å²) in [6, 6.07) is 7.37. The van der Waals surface area contributed by atoms with E-state index < -0.39 is 22.6 Å². The molecular formula is C17H12F3NO5. The van der Waals surface area contributed by atoms with Crippen LogP contribution in [-0.2, 0) is 11.0 Å². The molecule has 0 saturated heterocycles. The largest absolute Gasteiger partial charge is 0.478 e. The first-order valence-electron chi connectivity index (χ1n) is 7.13. The van der Waals surface area contributed by atoms with Gasteiger partial charge in [0.1, 0.15) is 11.5 Å². The summed E-state index contributed by atoms with van der Waals surface area (Å²) in [6.07, 6.45) is -3.31. The van der Waals surface area contributed by atoms with Crippen LogP contribution in [0, 0.1) is 10.1 Å². The molecule has 0 bridgehead atoms. The molecule has 6 nitrogen and oxygen atoms in total. The number of non-ortho nitro benzene ring substituents is 1. The minimum atomic E-state index is -4.49. The van der Waals surface area contributed by atoms with Crippen LogP contribution in [0.25, 0.3) is 6.08 Å². The number of alkyl halides is 3. The first-order valence-corrected chi connectivity index (χ1v) is 7.13. The van der Waals surface area contributed by atoms with Crippen LogP contribution >= 0.6 is 0 Å². The van der Waals surface area contributed by atoms with Crippen LogP contribution in [0.4, 0.5) is 18.9 Å². The molecule has 0 spiro atoms. The zero-order valence-corrected chi connectivity index (χ0v) is 13.3. The van der Waals surface area contributed by atoms with E-state index in [0.717, 1.165) is 36.4 Å². The molecule has 2 rings (SSSR count). The SMILES string of the molecule is C/C(=C\c1cc([N+](=O)[O-])ccc1Oc1ccc(C(F)(F)F)cc1)C(=O)O. The van der Waals surface area contributed by atoms with Crippen molar-refractivity contribution in [2.75, 3.05) is 0 Å². The smallest absolute Gasteiger partial charge is 0.416 e. The summed E-state index contributed by atoms with van der Waals surface area (Å²) in [6.45, 7) is 1.29. The van der Waals surface area contributed by atoms with E-state index in [1.807, 2.05) is 0 Å². The van der Waals surface area contributed by atoms with Crippen molar-refractivity contribution in [1.82, 2.24) is 0 Å². The predicted octanol–water partition coefficient (Wildman–Crippen LogP) is 4.89. The molecule has 0 saturated carbocycles. The number of carboxylic acid groups (broad SMARTS) is 1. The van der Waals surface area contributed by atoms with E-state index in [2.05, 4.69) is 0 Å². The number of rotatable bonds is 5. The average Bonchev–Trinajstić information content (AvgIpc) is 2.55. The van der Waals surface area contributed by atoms with Crippen molar-refractivity contribution in [1.29, 1.82) is 0 Å². The molecule has 0 atom stereocenters. The number of nitro groups is 1. The fraction of sp³-hybridized carbons (Fsp3) is 0.118. The molecule has 2 aromatic carbocycles. The predicted molar refractivity (Wildman–Crippen MR) is 85.9 cm³/mol. The van der Waals surface area contributed by atoms with Crippen LogP contribution in [-0.4, -0.2) is 16.0 Å². The first kappa shape index (κ1) is 19.0. The Balaban J connectivity index is 2.40. The first-order chi connectivity index (χ1) is 12.1. The van der Waals surface area contributed by atoms with Crippen LogP contribution in [0.3, 0.4) is 0 Å². The Labute approximate surface area is 145 Å². The van der Waals surface area contributed by atoms with Crippen LogP contribution < -0.4 is 4.74 Å². The van der Waals surface area contributed by atoms with Gasteiger partial charge in [-0.2, -0.15) is 13.2 Å². The van der Waals surface area contributed by atoms with Crippen LogP contribution in [0.15, 0.2) is 48.0 Å². The maximum Gasteiger partial charge on any atom is 0.416 e. The van der Waals surface area contributed by atoms with Crippen molar-refractivity contribution in [2.24, 2.45) is 0 Å². The van der Waals surface area contributed by atoms with Gasteiger partial charge in [0.05, 0.1) is 10.5 Å². The van der Waals surface area contributed by atoms with E-state index in [0.29, 0.717) is 0 Å². The number of nitro benzene ring substituents is 1. The van der Waals surface area contributed by atoms with E-state index in [-0.39, 0.29) is 28.3 Å². The number of hydrogen-bond acceptors (Lipinski definition) is 4. The average molecular weight is 367 g/mol. The Hall–Kier alpha value is -3.36. The Morgan fingerprint density at radius 3 is 2.31 bits per heavy atom. The maximum absolute atomic E-state index is 12.6. The summed E-state index contributed by atoms with van der Waals surface area (Å²) in [5.74, 6) is -1.09. The minimum absolute atomic E-state index is 0.0643. The maximum atomic E-state index is 12.6. The zero-order chi connectivity index (χ0) is 19.5. The van der Waals surface area contributed by atoms with Gasteiger partial charge in [-0.15, -0.1) is 0 Å². The monoisotopic (exact) mass is 367 g/mol. The van der Waals surface area contributed by atoms with Crippen LogP contribution in [0.5, 0.6) is 11.5 Å². The van der Waals surface area contributed by atoms with Crippen molar-refractivity contribution >= 4 is 17.7 Å². The summed E-state index contributed by atoms with van der Waals surface area (Å²) in [5, 5.41) is 19.9. The second-order valence-electron chi connectivity index (χ2n) is 5.24. The molecule has 1 N–H and O–H groups in total. The summed E-state index contributed by atoms with van der Waals surface area (Å²) in [7, 11) is 0. The van der Waals surface area contributed by atoms with E-state index in [4.69, 9.17) is 9.84 Å². The van der Waals surface area contributed by atoms with Gasteiger partial charge in [-0.1, -0.05) is 0 Å². The quantitative estimate of drug-likeness (QED) is 0.461. The lowest BCUT2D eigenvalue weighted by Crippen LogP contribution is -2.04. The number of ether oxygens (including phenoxy) is 1. The van der Waals surface area contributed by atoms with Crippen LogP contribution in [0.1, 0.15) is 18.1 Å². The molecule has 26 heavy (non-hydrogen) atoms. The summed E-state index contributed by atoms with van der Waals surface area (Å²) < 4.78 is 43.2. The third-order valence-corrected chi connectivity index (χ3v) is 3.32. The van der Waals surface area contributed by atoms with Gasteiger partial charge in [-0.3, -0.25) is 10.1 Å². The highest BCUT2D eigenvalue weighted by molar-refractivity contribution is 5.92.